The molecule has 0 radical (unpaired) electrons. The molecule has 0 unspecified atom stereocenters. The first-order chi connectivity index (χ1) is 15.6. The number of carbonyl (C=O) groups excluding carboxylic acids is 2. The fourth-order valence-corrected chi connectivity index (χ4v) is 3.29. The number of nitrogens with two attached hydrogens (primary N) is 1. The molecule has 0 saturated heterocycles. The minimum Gasteiger partial charge on any atom is -0.457 e. The maximum absolute atomic E-state index is 12.6. The lowest BCUT2D eigenvalue weighted by Gasteiger charge is -2.18. The maximum Gasteiger partial charge on any atom is 0.312 e. The third kappa shape index (κ3) is 5.20. The molecule has 2 aromatic heterocycles. The van der Waals surface area contributed by atoms with E-state index >= 15 is 0 Å². The van der Waals surface area contributed by atoms with Gasteiger partial charge in [-0.1, -0.05) is 36.4 Å². The Hall–Kier alpha value is -4.40. The number of nitrogens with one attached hydrogen (secondary N) is 2. The Morgan fingerprint density at radius 2 is 1.75 bits per heavy atom. The highest BCUT2D eigenvalue weighted by molar-refractivity contribution is 5.78. The number of aromatic nitrogens is 3. The van der Waals surface area contributed by atoms with Gasteiger partial charge in [0.2, 0.25) is 5.91 Å². The molecule has 0 bridgehead atoms. The van der Waals surface area contributed by atoms with Crippen molar-refractivity contribution in [3.63, 3.8) is 0 Å². The number of carbonyl (C=O) groups is 2. The molecule has 9 heteroatoms. The summed E-state index contributed by atoms with van der Waals surface area (Å²) in [7, 11) is 0. The summed E-state index contributed by atoms with van der Waals surface area (Å²) in [6, 6.07) is 20.7. The summed E-state index contributed by atoms with van der Waals surface area (Å²) in [4.78, 5) is 24.2. The van der Waals surface area contributed by atoms with Crippen LogP contribution in [0.15, 0.2) is 79.0 Å². The van der Waals surface area contributed by atoms with Crippen molar-refractivity contribution in [2.24, 2.45) is 5.73 Å². The van der Waals surface area contributed by atoms with Crippen LogP contribution >= 0.6 is 0 Å². The molecule has 3 amide bonds. The van der Waals surface area contributed by atoms with Gasteiger partial charge in [0.15, 0.2) is 11.5 Å². The number of benzene rings is 2. The van der Waals surface area contributed by atoms with Crippen LogP contribution in [0.2, 0.25) is 0 Å². The lowest BCUT2D eigenvalue weighted by molar-refractivity contribution is -0.121. The van der Waals surface area contributed by atoms with Crippen molar-refractivity contribution in [1.82, 2.24) is 25.2 Å². The number of urea groups is 1. The van der Waals surface area contributed by atoms with Crippen molar-refractivity contribution < 1.29 is 14.3 Å². The summed E-state index contributed by atoms with van der Waals surface area (Å²) in [5.41, 5.74) is 6.74. The first kappa shape index (κ1) is 20.9. The molecule has 32 heavy (non-hydrogen) atoms. The Labute approximate surface area is 184 Å². The van der Waals surface area contributed by atoms with Crippen LogP contribution in [0.4, 0.5) is 4.79 Å². The van der Waals surface area contributed by atoms with Crippen LogP contribution in [0.1, 0.15) is 23.9 Å². The largest absolute Gasteiger partial charge is 0.457 e. The molecule has 0 saturated carbocycles. The predicted molar refractivity (Wildman–Crippen MR) is 118 cm³/mol. The number of rotatable bonds is 8. The van der Waals surface area contributed by atoms with E-state index < -0.39 is 12.1 Å². The Bertz CT molecular complexity index is 1220. The number of nitrogens with zero attached hydrogens (tertiary/aromatic N) is 3. The molecule has 9 nitrogen and oxygen atoms in total. The third-order valence-electron chi connectivity index (χ3n) is 4.77. The SMILES string of the molecule is NC(=O)N[C@@H](CC(=O)NCc1nnc2ccccn12)c1cccc(Oc2ccccc2)c1. The van der Waals surface area contributed by atoms with E-state index in [-0.39, 0.29) is 18.9 Å². The number of amides is 3. The first-order valence-electron chi connectivity index (χ1n) is 10.0. The summed E-state index contributed by atoms with van der Waals surface area (Å²) >= 11 is 0. The number of ether oxygens (including phenoxy) is 1. The number of fused-ring (bicyclic) bond motifs is 1. The Balaban J connectivity index is 1.44. The highest BCUT2D eigenvalue weighted by atomic mass is 16.5. The Morgan fingerprint density at radius 1 is 0.969 bits per heavy atom. The van der Waals surface area contributed by atoms with Crippen LogP contribution < -0.4 is 21.1 Å². The zero-order valence-corrected chi connectivity index (χ0v) is 17.1. The van der Waals surface area contributed by atoms with Gasteiger partial charge in [-0.25, -0.2) is 4.79 Å². The van der Waals surface area contributed by atoms with Crippen LogP contribution in [0, 0.1) is 0 Å². The lowest BCUT2D eigenvalue weighted by Crippen LogP contribution is -2.36. The van der Waals surface area contributed by atoms with E-state index in [2.05, 4.69) is 20.8 Å². The van der Waals surface area contributed by atoms with Crippen LogP contribution in [0.3, 0.4) is 0 Å². The second-order valence-corrected chi connectivity index (χ2v) is 7.07. The van der Waals surface area contributed by atoms with Gasteiger partial charge in [-0.15, -0.1) is 10.2 Å². The summed E-state index contributed by atoms with van der Waals surface area (Å²) in [5, 5.41) is 13.6. The maximum atomic E-state index is 12.6. The van der Waals surface area contributed by atoms with Crippen molar-refractivity contribution >= 4 is 17.6 Å². The zero-order valence-electron chi connectivity index (χ0n) is 17.1. The van der Waals surface area contributed by atoms with Gasteiger partial charge in [-0.05, 0) is 42.0 Å². The van der Waals surface area contributed by atoms with E-state index in [4.69, 9.17) is 10.5 Å². The van der Waals surface area contributed by atoms with Crippen molar-refractivity contribution in [3.05, 3.63) is 90.4 Å². The van der Waals surface area contributed by atoms with E-state index in [9.17, 15) is 9.59 Å². The zero-order chi connectivity index (χ0) is 22.3. The van der Waals surface area contributed by atoms with Gasteiger partial charge in [0.25, 0.3) is 0 Å². The fraction of sp³-hybridized carbons (Fsp3) is 0.130. The molecule has 0 aliphatic heterocycles. The smallest absolute Gasteiger partial charge is 0.312 e. The summed E-state index contributed by atoms with van der Waals surface area (Å²) in [5.74, 6) is 1.60. The summed E-state index contributed by atoms with van der Waals surface area (Å²) < 4.78 is 7.65. The highest BCUT2D eigenvalue weighted by Gasteiger charge is 2.19. The number of hydrogen-bond donors (Lipinski definition) is 3. The van der Waals surface area contributed by atoms with Crippen LogP contribution in [-0.2, 0) is 11.3 Å². The van der Waals surface area contributed by atoms with Gasteiger partial charge in [0.1, 0.15) is 11.5 Å². The monoisotopic (exact) mass is 430 g/mol. The quantitative estimate of drug-likeness (QED) is 0.397. The fourth-order valence-electron chi connectivity index (χ4n) is 3.29. The van der Waals surface area contributed by atoms with E-state index in [1.165, 1.54) is 0 Å². The molecular weight excluding hydrogens is 408 g/mol. The van der Waals surface area contributed by atoms with Crippen molar-refractivity contribution in [1.29, 1.82) is 0 Å². The van der Waals surface area contributed by atoms with Crippen molar-refractivity contribution in [2.45, 2.75) is 19.0 Å². The third-order valence-corrected chi connectivity index (χ3v) is 4.77. The van der Waals surface area contributed by atoms with E-state index in [1.807, 2.05) is 54.7 Å². The average Bonchev–Trinajstić information content (AvgIpc) is 3.21. The second-order valence-electron chi connectivity index (χ2n) is 7.07. The Kier molecular flexibility index (Phi) is 6.26. The molecule has 4 aromatic rings. The average molecular weight is 430 g/mol. The predicted octanol–water partition coefficient (Wildman–Crippen LogP) is 2.94. The Morgan fingerprint density at radius 3 is 2.56 bits per heavy atom. The molecule has 4 N–H and O–H groups in total. The number of primary amides is 1. The van der Waals surface area contributed by atoms with E-state index in [1.54, 1.807) is 28.7 Å². The molecule has 162 valence electrons. The minimum absolute atomic E-state index is 0.00549. The summed E-state index contributed by atoms with van der Waals surface area (Å²) in [6.07, 6.45) is 1.82. The molecule has 0 aliphatic rings. The van der Waals surface area contributed by atoms with Gasteiger partial charge in [0, 0.05) is 6.20 Å². The van der Waals surface area contributed by atoms with Gasteiger partial charge >= 0.3 is 6.03 Å². The molecule has 2 heterocycles. The molecule has 0 spiro atoms. The van der Waals surface area contributed by atoms with Gasteiger partial charge in [0.05, 0.1) is 19.0 Å². The molecule has 4 rings (SSSR count). The molecule has 2 aromatic carbocycles. The molecular formula is C23H22N6O3. The minimum atomic E-state index is -0.722. The van der Waals surface area contributed by atoms with Gasteiger partial charge in [-0.3, -0.25) is 9.20 Å². The van der Waals surface area contributed by atoms with E-state index in [0.29, 0.717) is 28.5 Å². The standard InChI is InChI=1S/C23H22N6O3/c24-23(31)26-19(16-7-6-10-18(13-16)32-17-8-2-1-3-9-17)14-22(30)25-15-21-28-27-20-11-4-5-12-29(20)21/h1-13,19H,14-15H2,(H,25,30)(H3,24,26,31)/t19-/m0/s1. The second kappa shape index (κ2) is 9.61. The number of hydrogen-bond acceptors (Lipinski definition) is 5. The number of para-hydroxylation sites is 1. The van der Waals surface area contributed by atoms with E-state index in [0.717, 1.165) is 0 Å². The first-order valence-corrected chi connectivity index (χ1v) is 10.0. The topological polar surface area (TPSA) is 124 Å². The van der Waals surface area contributed by atoms with Crippen LogP contribution in [0.25, 0.3) is 5.65 Å². The van der Waals surface area contributed by atoms with Crippen LogP contribution in [-0.4, -0.2) is 26.5 Å². The highest BCUT2D eigenvalue weighted by Crippen LogP contribution is 2.26. The lowest BCUT2D eigenvalue weighted by atomic mass is 10.0. The van der Waals surface area contributed by atoms with Gasteiger partial charge in [-0.2, -0.15) is 0 Å². The van der Waals surface area contributed by atoms with Gasteiger partial charge < -0.3 is 21.1 Å². The van der Waals surface area contributed by atoms with Crippen molar-refractivity contribution in [2.75, 3.05) is 0 Å². The normalized spacial score (nSPS) is 11.6. The molecule has 1 atom stereocenters. The van der Waals surface area contributed by atoms with Crippen LogP contribution in [0.5, 0.6) is 11.5 Å². The van der Waals surface area contributed by atoms with Crippen molar-refractivity contribution in [3.8, 4) is 11.5 Å². The summed E-state index contributed by atoms with van der Waals surface area (Å²) in [6.45, 7) is 0.199. The number of pyridine rings is 1. The molecule has 0 fully saturated rings. The molecule has 0 aliphatic carbocycles.